The van der Waals surface area contributed by atoms with Crippen LogP contribution in [0.4, 0.5) is 8.78 Å². The van der Waals surface area contributed by atoms with Crippen molar-refractivity contribution in [3.63, 3.8) is 0 Å². The zero-order chi connectivity index (χ0) is 10.7. The van der Waals surface area contributed by atoms with Gasteiger partial charge in [-0.15, -0.1) is 0 Å². The Labute approximate surface area is 88.7 Å². The molecule has 74 valence electrons. The zero-order valence-electron chi connectivity index (χ0n) is 7.39. The van der Waals surface area contributed by atoms with Crippen molar-refractivity contribution >= 4 is 15.9 Å². The van der Waals surface area contributed by atoms with Crippen LogP contribution < -0.4 is 0 Å². The maximum atomic E-state index is 12.5. The maximum absolute atomic E-state index is 12.5. The summed E-state index contributed by atoms with van der Waals surface area (Å²) in [7, 11) is 0. The molecule has 0 radical (unpaired) electrons. The predicted molar refractivity (Wildman–Crippen MR) is 51.3 cm³/mol. The minimum Gasteiger partial charge on any atom is -0.245 e. The van der Waals surface area contributed by atoms with Crippen LogP contribution in [0.2, 0.25) is 0 Å². The Hall–Kier alpha value is -1.02. The SMILES string of the molecule is Cc1c(C#N)ncc(C(F)F)c1CBr. The molecular weight excluding hydrogens is 254 g/mol. The third-order valence-corrected chi connectivity index (χ3v) is 2.52. The fraction of sp³-hybridized carbons (Fsp3) is 0.333. The topological polar surface area (TPSA) is 36.7 Å². The average Bonchev–Trinajstić information content (AvgIpc) is 2.17. The van der Waals surface area contributed by atoms with E-state index in [4.69, 9.17) is 5.26 Å². The summed E-state index contributed by atoms with van der Waals surface area (Å²) < 4.78 is 25.0. The van der Waals surface area contributed by atoms with Gasteiger partial charge in [0.1, 0.15) is 11.8 Å². The minimum absolute atomic E-state index is 0.113. The first kappa shape index (κ1) is 11.1. The Morgan fingerprint density at radius 3 is 2.71 bits per heavy atom. The number of alkyl halides is 3. The van der Waals surface area contributed by atoms with E-state index in [9.17, 15) is 8.78 Å². The lowest BCUT2D eigenvalue weighted by atomic mass is 10.0. The molecule has 0 saturated heterocycles. The lowest BCUT2D eigenvalue weighted by molar-refractivity contribution is 0.150. The Bertz CT molecular complexity index is 385. The molecule has 1 aromatic heterocycles. The first-order valence-corrected chi connectivity index (χ1v) is 4.96. The summed E-state index contributed by atoms with van der Waals surface area (Å²) in [4.78, 5) is 3.66. The van der Waals surface area contributed by atoms with Gasteiger partial charge in [-0.2, -0.15) is 5.26 Å². The molecule has 1 heterocycles. The highest BCUT2D eigenvalue weighted by Crippen LogP contribution is 2.27. The van der Waals surface area contributed by atoms with Gasteiger partial charge in [-0.1, -0.05) is 15.9 Å². The number of nitriles is 1. The molecular formula is C9H7BrF2N2. The van der Waals surface area contributed by atoms with Crippen LogP contribution in [0.5, 0.6) is 0 Å². The smallest absolute Gasteiger partial charge is 0.245 e. The lowest BCUT2D eigenvalue weighted by Gasteiger charge is -2.09. The highest BCUT2D eigenvalue weighted by atomic mass is 79.9. The van der Waals surface area contributed by atoms with Gasteiger partial charge in [0, 0.05) is 17.1 Å². The first-order chi connectivity index (χ1) is 6.61. The van der Waals surface area contributed by atoms with Crippen molar-refractivity contribution in [2.45, 2.75) is 18.7 Å². The van der Waals surface area contributed by atoms with Crippen molar-refractivity contribution in [1.82, 2.24) is 4.98 Å². The van der Waals surface area contributed by atoms with Crippen LogP contribution in [0.15, 0.2) is 6.20 Å². The van der Waals surface area contributed by atoms with Gasteiger partial charge in [0.15, 0.2) is 0 Å². The van der Waals surface area contributed by atoms with E-state index in [1.807, 2.05) is 6.07 Å². The number of pyridine rings is 1. The highest BCUT2D eigenvalue weighted by Gasteiger charge is 2.16. The van der Waals surface area contributed by atoms with Gasteiger partial charge in [0.25, 0.3) is 6.43 Å². The van der Waals surface area contributed by atoms with Crippen molar-refractivity contribution in [1.29, 1.82) is 5.26 Å². The Morgan fingerprint density at radius 1 is 1.64 bits per heavy atom. The van der Waals surface area contributed by atoms with Gasteiger partial charge in [-0.25, -0.2) is 13.8 Å². The molecule has 5 heteroatoms. The molecule has 0 saturated carbocycles. The number of hydrogen-bond acceptors (Lipinski definition) is 2. The number of rotatable bonds is 2. The standard InChI is InChI=1S/C9H7BrF2N2/c1-5-6(2-10)7(9(11)12)4-14-8(5)3-13/h4,9H,2H2,1H3. The largest absolute Gasteiger partial charge is 0.265 e. The van der Waals surface area contributed by atoms with Gasteiger partial charge in [0.05, 0.1) is 0 Å². The van der Waals surface area contributed by atoms with Crippen molar-refractivity contribution < 1.29 is 8.78 Å². The Kier molecular flexibility index (Phi) is 3.53. The van der Waals surface area contributed by atoms with Gasteiger partial charge in [0.2, 0.25) is 0 Å². The number of nitrogens with zero attached hydrogens (tertiary/aromatic N) is 2. The predicted octanol–water partition coefficient (Wildman–Crippen LogP) is 3.09. The molecule has 0 aromatic carbocycles. The molecule has 0 aliphatic carbocycles. The maximum Gasteiger partial charge on any atom is 0.265 e. The molecule has 0 amide bonds. The van der Waals surface area contributed by atoms with E-state index >= 15 is 0 Å². The van der Waals surface area contributed by atoms with E-state index in [-0.39, 0.29) is 11.3 Å². The summed E-state index contributed by atoms with van der Waals surface area (Å²) in [6.45, 7) is 1.62. The molecule has 0 spiro atoms. The third kappa shape index (κ3) is 1.90. The Balaban J connectivity index is 3.38. The molecule has 2 nitrogen and oxygen atoms in total. The second kappa shape index (κ2) is 4.47. The molecule has 0 N–H and O–H groups in total. The van der Waals surface area contributed by atoms with Crippen LogP contribution in [0.25, 0.3) is 0 Å². The van der Waals surface area contributed by atoms with Crippen LogP contribution in [0, 0.1) is 18.3 Å². The van der Waals surface area contributed by atoms with E-state index in [2.05, 4.69) is 20.9 Å². The summed E-state index contributed by atoms with van der Waals surface area (Å²) in [6, 6.07) is 1.86. The summed E-state index contributed by atoms with van der Waals surface area (Å²) in [5.41, 5.74) is 1.05. The third-order valence-electron chi connectivity index (χ3n) is 1.96. The molecule has 0 aliphatic heterocycles. The van der Waals surface area contributed by atoms with Gasteiger partial charge < -0.3 is 0 Å². The monoisotopic (exact) mass is 260 g/mol. The summed E-state index contributed by atoms with van der Waals surface area (Å²) in [5.74, 6) is 0. The molecule has 0 unspecified atom stereocenters. The summed E-state index contributed by atoms with van der Waals surface area (Å²) in [6.07, 6.45) is -1.49. The quantitative estimate of drug-likeness (QED) is 0.767. The highest BCUT2D eigenvalue weighted by molar-refractivity contribution is 9.08. The first-order valence-electron chi connectivity index (χ1n) is 3.84. The van der Waals surface area contributed by atoms with E-state index < -0.39 is 6.43 Å². The van der Waals surface area contributed by atoms with E-state index in [0.717, 1.165) is 6.20 Å². The average molecular weight is 261 g/mol. The van der Waals surface area contributed by atoms with Gasteiger partial charge in [-0.3, -0.25) is 0 Å². The number of aromatic nitrogens is 1. The fourth-order valence-corrected chi connectivity index (χ4v) is 1.89. The normalized spacial score (nSPS) is 10.3. The molecule has 1 aromatic rings. The number of halogens is 3. The van der Waals surface area contributed by atoms with Gasteiger partial charge >= 0.3 is 0 Å². The minimum atomic E-state index is -2.55. The van der Waals surface area contributed by atoms with Crippen LogP contribution in [0.3, 0.4) is 0 Å². The Morgan fingerprint density at radius 2 is 2.29 bits per heavy atom. The van der Waals surface area contributed by atoms with Crippen LogP contribution >= 0.6 is 15.9 Å². The number of hydrogen-bond donors (Lipinski definition) is 0. The van der Waals surface area contributed by atoms with E-state index in [1.165, 1.54) is 0 Å². The van der Waals surface area contributed by atoms with Crippen LogP contribution in [-0.4, -0.2) is 4.98 Å². The zero-order valence-corrected chi connectivity index (χ0v) is 8.98. The van der Waals surface area contributed by atoms with Crippen molar-refractivity contribution in [2.75, 3.05) is 0 Å². The van der Waals surface area contributed by atoms with E-state index in [1.54, 1.807) is 6.92 Å². The second-order valence-corrected chi connectivity index (χ2v) is 3.27. The van der Waals surface area contributed by atoms with Crippen LogP contribution in [-0.2, 0) is 5.33 Å². The van der Waals surface area contributed by atoms with E-state index in [0.29, 0.717) is 16.5 Å². The van der Waals surface area contributed by atoms with Crippen LogP contribution in [0.1, 0.15) is 28.8 Å². The second-order valence-electron chi connectivity index (χ2n) is 2.71. The van der Waals surface area contributed by atoms with Crippen molar-refractivity contribution in [3.8, 4) is 6.07 Å². The van der Waals surface area contributed by atoms with Crippen molar-refractivity contribution in [2.24, 2.45) is 0 Å². The molecule has 0 aliphatic rings. The molecule has 0 fully saturated rings. The van der Waals surface area contributed by atoms with Gasteiger partial charge in [-0.05, 0) is 18.1 Å². The fourth-order valence-electron chi connectivity index (χ4n) is 1.15. The molecule has 14 heavy (non-hydrogen) atoms. The molecule has 0 bridgehead atoms. The van der Waals surface area contributed by atoms with Crippen molar-refractivity contribution in [3.05, 3.63) is 28.6 Å². The summed E-state index contributed by atoms with van der Waals surface area (Å²) >= 11 is 3.12. The molecule has 0 atom stereocenters. The summed E-state index contributed by atoms with van der Waals surface area (Å²) in [5, 5.41) is 8.95. The molecule has 1 rings (SSSR count). The lowest BCUT2D eigenvalue weighted by Crippen LogP contribution is -2.00.